The lowest BCUT2D eigenvalue weighted by molar-refractivity contribution is -0.159. The van der Waals surface area contributed by atoms with Crippen LogP contribution in [0.25, 0.3) is 0 Å². The Morgan fingerprint density at radius 2 is 1.92 bits per heavy atom. The second-order valence-electron chi connectivity index (χ2n) is 8.95. The molecular weight excluding hydrogens is 324 g/mol. The van der Waals surface area contributed by atoms with E-state index in [9.17, 15) is 4.79 Å². The topological polar surface area (TPSA) is 41.6 Å². The van der Waals surface area contributed by atoms with Crippen LogP contribution in [0.3, 0.4) is 0 Å². The van der Waals surface area contributed by atoms with E-state index in [4.69, 9.17) is 4.74 Å². The number of likely N-dealkylation sites (tertiary alicyclic amines) is 1. The first-order chi connectivity index (χ1) is 12.2. The number of benzene rings is 1. The minimum absolute atomic E-state index is 0.133. The van der Waals surface area contributed by atoms with Gasteiger partial charge in [0, 0.05) is 25.2 Å². The normalized spacial score (nSPS) is 23.0. The molecule has 0 spiro atoms. The predicted octanol–water partition coefficient (Wildman–Crippen LogP) is 4.00. The Morgan fingerprint density at radius 3 is 2.46 bits per heavy atom. The number of nitrogens with one attached hydrogen (secondary N) is 1. The fourth-order valence-corrected chi connectivity index (χ4v) is 3.58. The molecule has 146 valence electrons. The van der Waals surface area contributed by atoms with Crippen molar-refractivity contribution in [2.75, 3.05) is 6.54 Å². The van der Waals surface area contributed by atoms with Gasteiger partial charge < -0.3 is 10.1 Å². The molecule has 4 nitrogen and oxygen atoms in total. The molecule has 1 aliphatic heterocycles. The number of piperidine rings is 1. The Kier molecular flexibility index (Phi) is 7.24. The average Bonchev–Trinajstić information content (AvgIpc) is 2.54. The predicted molar refractivity (Wildman–Crippen MR) is 107 cm³/mol. The van der Waals surface area contributed by atoms with Crippen molar-refractivity contribution in [3.05, 3.63) is 35.9 Å². The molecule has 2 rings (SSSR count). The number of hydrogen-bond donors (Lipinski definition) is 1. The summed E-state index contributed by atoms with van der Waals surface area (Å²) in [6, 6.07) is 11.2. The first-order valence-corrected chi connectivity index (χ1v) is 9.92. The molecule has 1 heterocycles. The van der Waals surface area contributed by atoms with Crippen LogP contribution >= 0.6 is 0 Å². The van der Waals surface area contributed by atoms with E-state index in [1.807, 2.05) is 20.8 Å². The van der Waals surface area contributed by atoms with E-state index >= 15 is 0 Å². The largest absolute Gasteiger partial charge is 0.459 e. The molecule has 1 aliphatic rings. The third-order valence-corrected chi connectivity index (χ3v) is 4.98. The smallest absolute Gasteiger partial charge is 0.323 e. The van der Waals surface area contributed by atoms with Crippen LogP contribution in [0.2, 0.25) is 0 Å². The van der Waals surface area contributed by atoms with Gasteiger partial charge in [0.25, 0.3) is 0 Å². The molecule has 1 fully saturated rings. The van der Waals surface area contributed by atoms with E-state index in [1.165, 1.54) is 5.56 Å². The van der Waals surface area contributed by atoms with Gasteiger partial charge in [-0.25, -0.2) is 0 Å². The van der Waals surface area contributed by atoms with Crippen molar-refractivity contribution in [2.45, 2.75) is 84.7 Å². The Bertz CT molecular complexity index is 565. The monoisotopic (exact) mass is 360 g/mol. The highest BCUT2D eigenvalue weighted by molar-refractivity contribution is 5.76. The first-order valence-electron chi connectivity index (χ1n) is 9.92. The van der Waals surface area contributed by atoms with Crippen molar-refractivity contribution in [1.82, 2.24) is 10.2 Å². The van der Waals surface area contributed by atoms with Gasteiger partial charge in [-0.1, -0.05) is 44.2 Å². The molecule has 1 aromatic rings. The molecule has 1 aromatic carbocycles. The maximum atomic E-state index is 12.6. The Balaban J connectivity index is 1.91. The Morgan fingerprint density at radius 1 is 1.27 bits per heavy atom. The molecule has 0 amide bonds. The molecule has 1 saturated heterocycles. The van der Waals surface area contributed by atoms with Crippen molar-refractivity contribution in [1.29, 1.82) is 0 Å². The summed E-state index contributed by atoms with van der Waals surface area (Å²) < 4.78 is 5.62. The van der Waals surface area contributed by atoms with Crippen LogP contribution in [0, 0.1) is 5.92 Å². The minimum atomic E-state index is -0.446. The summed E-state index contributed by atoms with van der Waals surface area (Å²) in [6.07, 6.45) is 2.11. The highest BCUT2D eigenvalue weighted by Gasteiger charge is 2.32. The number of nitrogens with zero attached hydrogens (tertiary/aromatic N) is 1. The summed E-state index contributed by atoms with van der Waals surface area (Å²) in [4.78, 5) is 15.1. The van der Waals surface area contributed by atoms with E-state index < -0.39 is 5.60 Å². The number of ether oxygens (including phenoxy) is 1. The van der Waals surface area contributed by atoms with Crippen LogP contribution < -0.4 is 5.32 Å². The molecule has 0 aliphatic carbocycles. The number of hydrogen-bond acceptors (Lipinski definition) is 4. The van der Waals surface area contributed by atoms with Crippen molar-refractivity contribution in [3.63, 3.8) is 0 Å². The molecular formula is C22H36N2O2. The fraction of sp³-hybridized carbons (Fsp3) is 0.682. The van der Waals surface area contributed by atoms with Gasteiger partial charge >= 0.3 is 5.97 Å². The second kappa shape index (κ2) is 9.01. The molecule has 3 atom stereocenters. The lowest BCUT2D eigenvalue weighted by Gasteiger charge is -2.40. The third-order valence-electron chi connectivity index (χ3n) is 4.98. The molecule has 0 bridgehead atoms. The van der Waals surface area contributed by atoms with Crippen molar-refractivity contribution >= 4 is 5.97 Å². The molecule has 0 saturated carbocycles. The number of rotatable bonds is 6. The Labute approximate surface area is 159 Å². The summed E-state index contributed by atoms with van der Waals surface area (Å²) in [7, 11) is 0. The van der Waals surface area contributed by atoms with Crippen LogP contribution in [0.15, 0.2) is 30.3 Å². The Hall–Kier alpha value is -1.39. The maximum Gasteiger partial charge on any atom is 0.323 e. The third kappa shape index (κ3) is 6.40. The fourth-order valence-electron chi connectivity index (χ4n) is 3.58. The zero-order valence-corrected chi connectivity index (χ0v) is 17.3. The highest BCUT2D eigenvalue weighted by Crippen LogP contribution is 2.22. The van der Waals surface area contributed by atoms with E-state index in [2.05, 4.69) is 61.3 Å². The van der Waals surface area contributed by atoms with Gasteiger partial charge in [-0.3, -0.25) is 9.69 Å². The summed E-state index contributed by atoms with van der Waals surface area (Å²) in [5, 5.41) is 3.59. The highest BCUT2D eigenvalue weighted by atomic mass is 16.6. The van der Waals surface area contributed by atoms with Crippen LogP contribution in [-0.4, -0.2) is 41.1 Å². The summed E-state index contributed by atoms with van der Waals surface area (Å²) in [5.74, 6) is 0.0781. The first kappa shape index (κ1) is 20.9. The van der Waals surface area contributed by atoms with Crippen molar-refractivity contribution in [3.8, 4) is 0 Å². The SMILES string of the molecule is CC(C)[C@H](N[C@H]1CCN(Cc2ccccc2)[C@@H](C)C1)C(=O)OC(C)(C)C. The van der Waals surface area contributed by atoms with E-state index in [-0.39, 0.29) is 17.9 Å². The minimum Gasteiger partial charge on any atom is -0.459 e. The van der Waals surface area contributed by atoms with Gasteiger partial charge in [0.2, 0.25) is 0 Å². The van der Waals surface area contributed by atoms with Crippen LogP contribution in [0.1, 0.15) is 59.9 Å². The molecule has 4 heteroatoms. The summed E-state index contributed by atoms with van der Waals surface area (Å²) >= 11 is 0. The van der Waals surface area contributed by atoms with Gasteiger partial charge in [0.15, 0.2) is 0 Å². The van der Waals surface area contributed by atoms with Crippen molar-refractivity contribution in [2.24, 2.45) is 5.92 Å². The molecule has 26 heavy (non-hydrogen) atoms. The summed E-state index contributed by atoms with van der Waals surface area (Å²) in [6.45, 7) is 14.3. The van der Waals surface area contributed by atoms with E-state index in [0.29, 0.717) is 12.1 Å². The standard InChI is InChI=1S/C22H36N2O2/c1-16(2)20(21(25)26-22(4,5)6)23-19-12-13-24(17(3)14-19)15-18-10-8-7-9-11-18/h7-11,16-17,19-20,23H,12-15H2,1-6H3/t17-,19-,20-/m0/s1. The molecule has 1 N–H and O–H groups in total. The average molecular weight is 361 g/mol. The zero-order valence-electron chi connectivity index (χ0n) is 17.3. The number of carbonyl (C=O) groups is 1. The van der Waals surface area contributed by atoms with Crippen molar-refractivity contribution < 1.29 is 9.53 Å². The lowest BCUT2D eigenvalue weighted by atomic mass is 9.94. The molecule has 0 radical (unpaired) electrons. The van der Waals surface area contributed by atoms with Crippen LogP contribution in [0.5, 0.6) is 0 Å². The van der Waals surface area contributed by atoms with Crippen LogP contribution in [0.4, 0.5) is 0 Å². The second-order valence-corrected chi connectivity index (χ2v) is 8.95. The zero-order chi connectivity index (χ0) is 19.3. The van der Waals surface area contributed by atoms with Gasteiger partial charge in [-0.05, 0) is 52.0 Å². The van der Waals surface area contributed by atoms with Crippen LogP contribution in [-0.2, 0) is 16.1 Å². The lowest BCUT2D eigenvalue weighted by Crippen LogP contribution is -2.53. The summed E-state index contributed by atoms with van der Waals surface area (Å²) in [5.41, 5.74) is 0.915. The quantitative estimate of drug-likeness (QED) is 0.779. The maximum absolute atomic E-state index is 12.6. The number of esters is 1. The van der Waals surface area contributed by atoms with Gasteiger partial charge in [-0.15, -0.1) is 0 Å². The van der Waals surface area contributed by atoms with Gasteiger partial charge in [0.05, 0.1) is 0 Å². The molecule has 0 unspecified atom stereocenters. The number of carbonyl (C=O) groups excluding carboxylic acids is 1. The van der Waals surface area contributed by atoms with Gasteiger partial charge in [0.1, 0.15) is 11.6 Å². The molecule has 0 aromatic heterocycles. The van der Waals surface area contributed by atoms with Gasteiger partial charge in [-0.2, -0.15) is 0 Å². The van der Waals surface area contributed by atoms with E-state index in [0.717, 1.165) is 25.9 Å². The van der Waals surface area contributed by atoms with E-state index in [1.54, 1.807) is 0 Å².